The van der Waals surface area contributed by atoms with Crippen molar-refractivity contribution < 1.29 is 9.53 Å². The zero-order chi connectivity index (χ0) is 20.1. The Hall–Kier alpha value is -3.60. The van der Waals surface area contributed by atoms with Crippen LogP contribution in [0.15, 0.2) is 73.1 Å². The Kier molecular flexibility index (Phi) is 5.56. The van der Waals surface area contributed by atoms with Gasteiger partial charge in [-0.05, 0) is 60.7 Å². The molecule has 0 unspecified atom stereocenters. The number of carbonyl (C=O) groups excluding carboxylic acids is 1. The number of rotatable bonds is 7. The number of ether oxygens (including phenoxy) is 1. The quantitative estimate of drug-likeness (QED) is 0.425. The number of methoxy groups -OCH3 is 1. The number of benzene rings is 2. The Bertz CT molecular complexity index is 1120. The molecule has 0 aliphatic carbocycles. The lowest BCUT2D eigenvalue weighted by atomic mass is 10.0. The van der Waals surface area contributed by atoms with Crippen LogP contribution in [0.25, 0.3) is 10.9 Å². The third kappa shape index (κ3) is 4.46. The Balaban J connectivity index is 1.34. The van der Waals surface area contributed by atoms with Crippen molar-refractivity contribution in [3.8, 4) is 0 Å². The van der Waals surface area contributed by atoms with E-state index in [0.29, 0.717) is 0 Å². The van der Waals surface area contributed by atoms with Crippen LogP contribution in [-0.4, -0.2) is 23.0 Å². The number of anilines is 2. The van der Waals surface area contributed by atoms with Crippen molar-refractivity contribution in [3.63, 3.8) is 0 Å². The Morgan fingerprint density at radius 3 is 2.69 bits per heavy atom. The highest BCUT2D eigenvalue weighted by Gasteiger charge is 2.08. The van der Waals surface area contributed by atoms with Gasteiger partial charge in [0, 0.05) is 34.7 Å². The van der Waals surface area contributed by atoms with Crippen LogP contribution in [0.5, 0.6) is 0 Å². The molecule has 5 heteroatoms. The number of hydrogen-bond acceptors (Lipinski definition) is 4. The van der Waals surface area contributed by atoms with Crippen molar-refractivity contribution in [2.45, 2.75) is 19.3 Å². The van der Waals surface area contributed by atoms with Crippen molar-refractivity contribution in [1.82, 2.24) is 9.97 Å². The zero-order valence-corrected chi connectivity index (χ0v) is 16.3. The molecule has 0 amide bonds. The molecule has 0 saturated carbocycles. The molecule has 4 rings (SSSR count). The van der Waals surface area contributed by atoms with E-state index in [0.717, 1.165) is 30.6 Å². The second-order valence-corrected chi connectivity index (χ2v) is 6.96. The summed E-state index contributed by atoms with van der Waals surface area (Å²) in [5.41, 5.74) is 5.93. The van der Waals surface area contributed by atoms with E-state index in [-0.39, 0.29) is 5.69 Å². The van der Waals surface area contributed by atoms with Gasteiger partial charge in [0.2, 0.25) is 0 Å². The topological polar surface area (TPSA) is 67.0 Å². The van der Waals surface area contributed by atoms with Crippen LogP contribution >= 0.6 is 0 Å². The molecule has 0 aliphatic heterocycles. The first-order chi connectivity index (χ1) is 14.2. The van der Waals surface area contributed by atoms with Crippen LogP contribution in [0.3, 0.4) is 0 Å². The molecular formula is C24H23N3O2. The molecule has 2 aromatic carbocycles. The lowest BCUT2D eigenvalue weighted by Crippen LogP contribution is -2.04. The van der Waals surface area contributed by atoms with Gasteiger partial charge in [0.15, 0.2) is 0 Å². The minimum absolute atomic E-state index is 0.284. The fourth-order valence-corrected chi connectivity index (χ4v) is 3.47. The van der Waals surface area contributed by atoms with E-state index in [4.69, 9.17) is 4.74 Å². The Labute approximate surface area is 169 Å². The van der Waals surface area contributed by atoms with Gasteiger partial charge >= 0.3 is 5.97 Å². The van der Waals surface area contributed by atoms with Crippen molar-refractivity contribution in [1.29, 1.82) is 0 Å². The summed E-state index contributed by atoms with van der Waals surface area (Å²) in [5.74, 6) is -0.445. The summed E-state index contributed by atoms with van der Waals surface area (Å²) in [6.07, 6.45) is 6.89. The predicted octanol–water partition coefficient (Wildman–Crippen LogP) is 5.27. The molecule has 0 spiro atoms. The van der Waals surface area contributed by atoms with E-state index in [9.17, 15) is 4.79 Å². The van der Waals surface area contributed by atoms with Crippen molar-refractivity contribution in [2.75, 3.05) is 12.4 Å². The molecule has 29 heavy (non-hydrogen) atoms. The Morgan fingerprint density at radius 1 is 1.03 bits per heavy atom. The molecular weight excluding hydrogens is 362 g/mol. The average Bonchev–Trinajstić information content (AvgIpc) is 3.18. The molecule has 0 radical (unpaired) electrons. The van der Waals surface area contributed by atoms with E-state index >= 15 is 0 Å². The number of para-hydroxylation sites is 1. The molecule has 0 atom stereocenters. The third-order valence-electron chi connectivity index (χ3n) is 4.98. The number of hydrogen-bond donors (Lipinski definition) is 2. The van der Waals surface area contributed by atoms with Gasteiger partial charge in [0.25, 0.3) is 0 Å². The number of pyridine rings is 1. The first-order valence-electron chi connectivity index (χ1n) is 9.68. The van der Waals surface area contributed by atoms with Crippen LogP contribution in [0.1, 0.15) is 28.0 Å². The van der Waals surface area contributed by atoms with Crippen molar-refractivity contribution >= 4 is 28.2 Å². The number of fused-ring (bicyclic) bond motifs is 1. The summed E-state index contributed by atoms with van der Waals surface area (Å²) >= 11 is 0. The van der Waals surface area contributed by atoms with Gasteiger partial charge in [-0.25, -0.2) is 9.78 Å². The van der Waals surface area contributed by atoms with E-state index in [2.05, 4.69) is 70.0 Å². The molecule has 0 saturated heterocycles. The van der Waals surface area contributed by atoms with Gasteiger partial charge in [-0.1, -0.05) is 30.3 Å². The second-order valence-electron chi connectivity index (χ2n) is 6.96. The fraction of sp³-hybridized carbons (Fsp3) is 0.167. The molecule has 5 nitrogen and oxygen atoms in total. The predicted molar refractivity (Wildman–Crippen MR) is 116 cm³/mol. The largest absolute Gasteiger partial charge is 0.464 e. The molecule has 4 aromatic rings. The van der Waals surface area contributed by atoms with Gasteiger partial charge in [-0.3, -0.25) is 0 Å². The van der Waals surface area contributed by atoms with Crippen LogP contribution in [0.4, 0.5) is 11.4 Å². The highest BCUT2D eigenvalue weighted by molar-refractivity contribution is 5.88. The average molecular weight is 385 g/mol. The lowest BCUT2D eigenvalue weighted by molar-refractivity contribution is 0.0594. The Morgan fingerprint density at radius 2 is 1.86 bits per heavy atom. The number of H-pyrrole nitrogens is 1. The zero-order valence-electron chi connectivity index (χ0n) is 16.3. The van der Waals surface area contributed by atoms with Crippen LogP contribution in [0.2, 0.25) is 0 Å². The van der Waals surface area contributed by atoms with E-state index < -0.39 is 5.97 Å². The number of nitrogens with zero attached hydrogens (tertiary/aromatic N) is 1. The summed E-state index contributed by atoms with van der Waals surface area (Å²) in [5, 5.41) is 4.61. The third-order valence-corrected chi connectivity index (χ3v) is 4.98. The summed E-state index contributed by atoms with van der Waals surface area (Å²) in [6, 6.07) is 20.3. The summed E-state index contributed by atoms with van der Waals surface area (Å²) < 4.78 is 4.71. The maximum atomic E-state index is 11.6. The number of aromatic amines is 1. The maximum absolute atomic E-state index is 11.6. The summed E-state index contributed by atoms with van der Waals surface area (Å²) in [4.78, 5) is 19.0. The van der Waals surface area contributed by atoms with Crippen molar-refractivity contribution in [2.24, 2.45) is 0 Å². The number of aromatic nitrogens is 2. The molecule has 0 aliphatic rings. The normalized spacial score (nSPS) is 10.8. The number of aryl methyl sites for hydroxylation is 2. The highest BCUT2D eigenvalue weighted by atomic mass is 16.5. The molecule has 2 aromatic heterocycles. The standard InChI is InChI=1S/C24H23N3O2/c1-29-24(28)23-15-20(13-14-25-23)27-19-11-9-17(10-12-19)5-4-6-18-16-26-22-8-3-2-7-21(18)22/h2-3,7-16,26H,4-6H2,1H3,(H,25,27). The first-order valence-corrected chi connectivity index (χ1v) is 9.68. The van der Waals surface area contributed by atoms with E-state index in [1.807, 2.05) is 6.07 Å². The van der Waals surface area contributed by atoms with Gasteiger partial charge in [-0.15, -0.1) is 0 Å². The molecule has 0 fully saturated rings. The SMILES string of the molecule is COC(=O)c1cc(Nc2ccc(CCCc3c[nH]c4ccccc34)cc2)ccn1. The fourth-order valence-electron chi connectivity index (χ4n) is 3.47. The molecule has 146 valence electrons. The number of esters is 1. The van der Waals surface area contributed by atoms with Crippen LogP contribution in [0, 0.1) is 0 Å². The number of carbonyl (C=O) groups is 1. The van der Waals surface area contributed by atoms with E-state index in [1.165, 1.54) is 29.1 Å². The van der Waals surface area contributed by atoms with Crippen LogP contribution < -0.4 is 5.32 Å². The van der Waals surface area contributed by atoms with Gasteiger partial charge in [0.05, 0.1) is 7.11 Å². The summed E-state index contributed by atoms with van der Waals surface area (Å²) in [7, 11) is 1.35. The van der Waals surface area contributed by atoms with Crippen molar-refractivity contribution in [3.05, 3.63) is 89.9 Å². The highest BCUT2D eigenvalue weighted by Crippen LogP contribution is 2.21. The first kappa shape index (κ1) is 18.7. The van der Waals surface area contributed by atoms with Gasteiger partial charge in [0.1, 0.15) is 5.69 Å². The molecule has 0 bridgehead atoms. The maximum Gasteiger partial charge on any atom is 0.356 e. The second kappa shape index (κ2) is 8.61. The monoisotopic (exact) mass is 385 g/mol. The van der Waals surface area contributed by atoms with Gasteiger partial charge < -0.3 is 15.0 Å². The molecule has 2 N–H and O–H groups in total. The minimum Gasteiger partial charge on any atom is -0.464 e. The van der Waals surface area contributed by atoms with Gasteiger partial charge in [-0.2, -0.15) is 0 Å². The van der Waals surface area contributed by atoms with Crippen LogP contribution in [-0.2, 0) is 17.6 Å². The lowest BCUT2D eigenvalue weighted by Gasteiger charge is -2.08. The smallest absolute Gasteiger partial charge is 0.356 e. The minimum atomic E-state index is -0.445. The number of nitrogens with one attached hydrogen (secondary N) is 2. The molecule has 2 heterocycles. The summed E-state index contributed by atoms with van der Waals surface area (Å²) in [6.45, 7) is 0. The van der Waals surface area contributed by atoms with E-state index in [1.54, 1.807) is 12.3 Å².